The molecule has 0 bridgehead atoms. The number of H-pyrrole nitrogens is 1. The Morgan fingerprint density at radius 1 is 1.29 bits per heavy atom. The average Bonchev–Trinajstić information content (AvgIpc) is 2.86. The molecule has 0 saturated heterocycles. The minimum atomic E-state index is -0.268. The van der Waals surface area contributed by atoms with Gasteiger partial charge in [0.15, 0.2) is 5.95 Å². The van der Waals surface area contributed by atoms with Crippen LogP contribution >= 0.6 is 0 Å². The third-order valence-electron chi connectivity index (χ3n) is 2.90. The van der Waals surface area contributed by atoms with Crippen LogP contribution in [-0.4, -0.2) is 27.9 Å². The van der Waals surface area contributed by atoms with E-state index in [0.29, 0.717) is 28.7 Å². The molecule has 0 atom stereocenters. The van der Waals surface area contributed by atoms with E-state index in [1.54, 1.807) is 31.3 Å². The maximum absolute atomic E-state index is 11.5. The van der Waals surface area contributed by atoms with E-state index in [1.165, 1.54) is 6.20 Å². The van der Waals surface area contributed by atoms with Gasteiger partial charge in [-0.15, -0.1) is 0 Å². The molecule has 0 radical (unpaired) electrons. The Labute approximate surface area is 120 Å². The Hall–Kier alpha value is -3.09. The smallest absolute Gasteiger partial charge is 0.269 e. The molecule has 0 saturated carbocycles. The zero-order valence-electron chi connectivity index (χ0n) is 11.3. The van der Waals surface area contributed by atoms with E-state index in [4.69, 9.17) is 10.5 Å². The van der Waals surface area contributed by atoms with Gasteiger partial charge in [0.25, 0.3) is 5.91 Å². The normalized spacial score (nSPS) is 10.5. The highest BCUT2D eigenvalue weighted by molar-refractivity contribution is 5.92. The number of carbonyl (C=O) groups excluding carboxylic acids is 1. The van der Waals surface area contributed by atoms with Gasteiger partial charge >= 0.3 is 0 Å². The third-order valence-corrected chi connectivity index (χ3v) is 2.90. The van der Waals surface area contributed by atoms with Gasteiger partial charge in [0, 0.05) is 25.4 Å². The Kier molecular flexibility index (Phi) is 3.15. The van der Waals surface area contributed by atoms with Crippen molar-refractivity contribution in [3.05, 3.63) is 42.2 Å². The SMILES string of the molecule is CNC(=O)c1cc(Oc2ccc3[nH]c(N)nc3c2)ccn1. The molecule has 3 rings (SSSR count). The van der Waals surface area contributed by atoms with E-state index in [9.17, 15) is 4.79 Å². The average molecular weight is 283 g/mol. The summed E-state index contributed by atoms with van der Waals surface area (Å²) < 4.78 is 5.72. The lowest BCUT2D eigenvalue weighted by Gasteiger charge is -2.06. The van der Waals surface area contributed by atoms with Crippen LogP contribution in [0.5, 0.6) is 11.5 Å². The Bertz CT molecular complexity index is 812. The number of nitrogens with one attached hydrogen (secondary N) is 2. The molecule has 0 spiro atoms. The Morgan fingerprint density at radius 3 is 2.90 bits per heavy atom. The molecule has 0 fully saturated rings. The number of aromatic nitrogens is 3. The van der Waals surface area contributed by atoms with Crippen molar-refractivity contribution in [3.63, 3.8) is 0 Å². The van der Waals surface area contributed by atoms with Crippen molar-refractivity contribution < 1.29 is 9.53 Å². The number of nitrogens with zero attached hydrogens (tertiary/aromatic N) is 2. The minimum absolute atomic E-state index is 0.268. The number of amides is 1. The summed E-state index contributed by atoms with van der Waals surface area (Å²) in [5.41, 5.74) is 7.44. The number of nitrogens with two attached hydrogens (primary N) is 1. The van der Waals surface area contributed by atoms with Crippen LogP contribution in [0.2, 0.25) is 0 Å². The number of fused-ring (bicyclic) bond motifs is 1. The number of pyridine rings is 1. The topological polar surface area (TPSA) is 106 Å². The van der Waals surface area contributed by atoms with Crippen molar-refractivity contribution in [2.24, 2.45) is 0 Å². The number of nitrogen functional groups attached to an aromatic ring is 1. The number of anilines is 1. The number of carbonyl (C=O) groups is 1. The van der Waals surface area contributed by atoms with Crippen LogP contribution in [0.4, 0.5) is 5.95 Å². The quantitative estimate of drug-likeness (QED) is 0.678. The van der Waals surface area contributed by atoms with E-state index in [2.05, 4.69) is 20.3 Å². The van der Waals surface area contributed by atoms with Gasteiger partial charge in [-0.1, -0.05) is 0 Å². The number of hydrogen-bond acceptors (Lipinski definition) is 5. The molecular formula is C14H13N5O2. The molecule has 2 aromatic heterocycles. The number of benzene rings is 1. The summed E-state index contributed by atoms with van der Waals surface area (Å²) in [7, 11) is 1.55. The Balaban J connectivity index is 1.89. The van der Waals surface area contributed by atoms with E-state index in [-0.39, 0.29) is 5.91 Å². The van der Waals surface area contributed by atoms with Gasteiger partial charge in [0.05, 0.1) is 11.0 Å². The molecule has 21 heavy (non-hydrogen) atoms. The summed E-state index contributed by atoms with van der Waals surface area (Å²) in [5.74, 6) is 1.21. The van der Waals surface area contributed by atoms with Gasteiger partial charge in [0.2, 0.25) is 0 Å². The summed E-state index contributed by atoms with van der Waals surface area (Å²) >= 11 is 0. The fourth-order valence-corrected chi connectivity index (χ4v) is 1.93. The molecule has 1 aromatic carbocycles. The standard InChI is InChI=1S/C14H13N5O2/c1-16-13(20)12-7-9(4-5-17-12)21-8-2-3-10-11(6-8)19-14(15)18-10/h2-7H,1H3,(H,16,20)(H3,15,18,19). The number of rotatable bonds is 3. The van der Waals surface area contributed by atoms with Crippen LogP contribution in [0, 0.1) is 0 Å². The molecule has 1 amide bonds. The second-order valence-corrected chi connectivity index (χ2v) is 4.36. The second-order valence-electron chi connectivity index (χ2n) is 4.36. The lowest BCUT2D eigenvalue weighted by atomic mass is 10.3. The first-order valence-corrected chi connectivity index (χ1v) is 6.27. The lowest BCUT2D eigenvalue weighted by molar-refractivity contribution is 0.0958. The summed E-state index contributed by atoms with van der Waals surface area (Å²) in [6, 6.07) is 8.63. The van der Waals surface area contributed by atoms with Gasteiger partial charge in [-0.2, -0.15) is 0 Å². The first-order chi connectivity index (χ1) is 10.2. The van der Waals surface area contributed by atoms with Crippen LogP contribution in [0.15, 0.2) is 36.5 Å². The highest BCUT2D eigenvalue weighted by atomic mass is 16.5. The molecule has 0 aliphatic carbocycles. The van der Waals surface area contributed by atoms with Crippen molar-refractivity contribution >= 4 is 22.9 Å². The Morgan fingerprint density at radius 2 is 2.10 bits per heavy atom. The molecule has 0 aliphatic rings. The summed E-state index contributed by atoms with van der Waals surface area (Å²) in [6.07, 6.45) is 1.52. The second kappa shape index (κ2) is 5.12. The van der Waals surface area contributed by atoms with Gasteiger partial charge in [-0.3, -0.25) is 9.78 Å². The number of imidazole rings is 1. The lowest BCUT2D eigenvalue weighted by Crippen LogP contribution is -2.18. The highest BCUT2D eigenvalue weighted by Gasteiger charge is 2.07. The van der Waals surface area contributed by atoms with Gasteiger partial charge in [-0.05, 0) is 18.2 Å². The monoisotopic (exact) mass is 283 g/mol. The summed E-state index contributed by atoms with van der Waals surface area (Å²) in [6.45, 7) is 0. The van der Waals surface area contributed by atoms with Crippen molar-refractivity contribution in [1.82, 2.24) is 20.3 Å². The molecule has 7 nitrogen and oxygen atoms in total. The fourth-order valence-electron chi connectivity index (χ4n) is 1.93. The predicted octanol–water partition coefficient (Wildman–Crippen LogP) is 1.69. The number of ether oxygens (including phenoxy) is 1. The molecule has 0 aliphatic heterocycles. The summed E-state index contributed by atoms with van der Waals surface area (Å²) in [5, 5.41) is 2.51. The number of hydrogen-bond donors (Lipinski definition) is 3. The van der Waals surface area contributed by atoms with Crippen molar-refractivity contribution in [2.75, 3.05) is 12.8 Å². The van der Waals surface area contributed by atoms with Gasteiger partial charge < -0.3 is 20.8 Å². The molecule has 2 heterocycles. The van der Waals surface area contributed by atoms with Crippen LogP contribution in [-0.2, 0) is 0 Å². The molecule has 4 N–H and O–H groups in total. The first-order valence-electron chi connectivity index (χ1n) is 6.27. The van der Waals surface area contributed by atoms with Crippen molar-refractivity contribution in [1.29, 1.82) is 0 Å². The third kappa shape index (κ3) is 2.62. The maximum atomic E-state index is 11.5. The van der Waals surface area contributed by atoms with Crippen molar-refractivity contribution in [3.8, 4) is 11.5 Å². The zero-order chi connectivity index (χ0) is 14.8. The largest absolute Gasteiger partial charge is 0.457 e. The zero-order valence-corrected chi connectivity index (χ0v) is 11.3. The minimum Gasteiger partial charge on any atom is -0.457 e. The predicted molar refractivity (Wildman–Crippen MR) is 78.2 cm³/mol. The van der Waals surface area contributed by atoms with Gasteiger partial charge in [-0.25, -0.2) is 4.98 Å². The first kappa shape index (κ1) is 12.9. The molecular weight excluding hydrogens is 270 g/mol. The van der Waals surface area contributed by atoms with Crippen LogP contribution < -0.4 is 15.8 Å². The molecule has 7 heteroatoms. The van der Waals surface area contributed by atoms with Crippen molar-refractivity contribution in [2.45, 2.75) is 0 Å². The van der Waals surface area contributed by atoms with E-state index >= 15 is 0 Å². The molecule has 106 valence electrons. The van der Waals surface area contributed by atoms with E-state index in [1.807, 2.05) is 6.07 Å². The van der Waals surface area contributed by atoms with Gasteiger partial charge in [0.1, 0.15) is 17.2 Å². The van der Waals surface area contributed by atoms with Crippen LogP contribution in [0.1, 0.15) is 10.5 Å². The summed E-state index contributed by atoms with van der Waals surface area (Å²) in [4.78, 5) is 22.6. The van der Waals surface area contributed by atoms with E-state index < -0.39 is 0 Å². The van der Waals surface area contributed by atoms with Crippen LogP contribution in [0.25, 0.3) is 11.0 Å². The van der Waals surface area contributed by atoms with Crippen LogP contribution in [0.3, 0.4) is 0 Å². The van der Waals surface area contributed by atoms with E-state index in [0.717, 1.165) is 5.52 Å². The maximum Gasteiger partial charge on any atom is 0.269 e. The number of aromatic amines is 1. The fraction of sp³-hybridized carbons (Fsp3) is 0.0714. The molecule has 0 unspecified atom stereocenters. The highest BCUT2D eigenvalue weighted by Crippen LogP contribution is 2.25. The molecule has 3 aromatic rings.